The first-order chi connectivity index (χ1) is 7.58. The Balaban J connectivity index is 2.76. The molecule has 0 fully saturated rings. The molecular weight excluding hydrogens is 318 g/mol. The number of benzene rings is 1. The summed E-state index contributed by atoms with van der Waals surface area (Å²) in [5, 5.41) is 10.1. The topological polar surface area (TPSA) is 20.2 Å². The van der Waals surface area contributed by atoms with E-state index < -0.39 is 6.10 Å². The Morgan fingerprint density at radius 1 is 1.31 bits per heavy atom. The van der Waals surface area contributed by atoms with E-state index in [9.17, 15) is 9.50 Å². The minimum Gasteiger partial charge on any atom is -0.388 e. The molecule has 0 aromatic heterocycles. The number of halogens is 2. The molecule has 0 heterocycles. The largest absolute Gasteiger partial charge is 0.388 e. The first-order valence-electron chi connectivity index (χ1n) is 5.71. The van der Waals surface area contributed by atoms with Crippen LogP contribution in [0.3, 0.4) is 0 Å². The van der Waals surface area contributed by atoms with E-state index in [0.717, 1.165) is 28.4 Å². The third-order valence-corrected chi connectivity index (χ3v) is 3.97. The van der Waals surface area contributed by atoms with Crippen molar-refractivity contribution in [2.24, 2.45) is 5.92 Å². The molecule has 1 aromatic rings. The van der Waals surface area contributed by atoms with Crippen molar-refractivity contribution in [1.82, 2.24) is 0 Å². The lowest BCUT2D eigenvalue weighted by molar-refractivity contribution is 0.140. The van der Waals surface area contributed by atoms with Crippen molar-refractivity contribution in [2.45, 2.75) is 39.2 Å². The highest BCUT2D eigenvalue weighted by atomic mass is 127. The van der Waals surface area contributed by atoms with Crippen LogP contribution in [0.4, 0.5) is 4.39 Å². The molecule has 0 spiro atoms. The molecular formula is C13H18FIO. The van der Waals surface area contributed by atoms with Gasteiger partial charge in [0, 0.05) is 3.57 Å². The number of aliphatic hydroxyl groups is 1. The fraction of sp³-hybridized carbons (Fsp3) is 0.538. The van der Waals surface area contributed by atoms with E-state index in [1.54, 1.807) is 6.07 Å². The van der Waals surface area contributed by atoms with Gasteiger partial charge in [0.25, 0.3) is 0 Å². The molecule has 0 aliphatic carbocycles. The number of hydrogen-bond donors (Lipinski definition) is 1. The second-order valence-corrected chi connectivity index (χ2v) is 5.26. The second-order valence-electron chi connectivity index (χ2n) is 4.10. The molecule has 0 aliphatic heterocycles. The first-order valence-corrected chi connectivity index (χ1v) is 6.79. The highest BCUT2D eigenvalue weighted by molar-refractivity contribution is 14.1. The Morgan fingerprint density at radius 3 is 2.44 bits per heavy atom. The van der Waals surface area contributed by atoms with Crippen molar-refractivity contribution in [3.8, 4) is 0 Å². The lowest BCUT2D eigenvalue weighted by Crippen LogP contribution is -2.07. The van der Waals surface area contributed by atoms with Crippen molar-refractivity contribution in [3.63, 3.8) is 0 Å². The van der Waals surface area contributed by atoms with Crippen LogP contribution in [0.25, 0.3) is 0 Å². The molecule has 3 heteroatoms. The monoisotopic (exact) mass is 336 g/mol. The second kappa shape index (κ2) is 6.55. The predicted molar refractivity (Wildman–Crippen MR) is 72.8 cm³/mol. The Kier molecular flexibility index (Phi) is 5.69. The van der Waals surface area contributed by atoms with E-state index in [0.29, 0.717) is 5.92 Å². The zero-order chi connectivity index (χ0) is 12.1. The molecule has 90 valence electrons. The first kappa shape index (κ1) is 13.9. The van der Waals surface area contributed by atoms with Gasteiger partial charge in [-0.15, -0.1) is 0 Å². The van der Waals surface area contributed by atoms with Crippen LogP contribution in [-0.4, -0.2) is 5.11 Å². The van der Waals surface area contributed by atoms with Crippen LogP contribution in [0.1, 0.15) is 44.8 Å². The molecule has 1 rings (SSSR count). The maximum absolute atomic E-state index is 12.9. The van der Waals surface area contributed by atoms with Crippen LogP contribution in [0, 0.1) is 15.3 Å². The summed E-state index contributed by atoms with van der Waals surface area (Å²) in [7, 11) is 0. The summed E-state index contributed by atoms with van der Waals surface area (Å²) in [6.07, 6.45) is 2.43. The standard InChI is InChI=1S/C13H18FIO/c1-3-9(4-2)7-13(16)11-6-5-10(14)8-12(11)15/h5-6,8-9,13,16H,3-4,7H2,1-2H3. The molecule has 0 saturated carbocycles. The van der Waals surface area contributed by atoms with Gasteiger partial charge in [0.2, 0.25) is 0 Å². The molecule has 1 atom stereocenters. The smallest absolute Gasteiger partial charge is 0.124 e. The van der Waals surface area contributed by atoms with Crippen LogP contribution in [-0.2, 0) is 0 Å². The molecule has 0 saturated heterocycles. The molecule has 0 radical (unpaired) electrons. The lowest BCUT2D eigenvalue weighted by atomic mass is 9.93. The highest BCUT2D eigenvalue weighted by Gasteiger charge is 2.15. The third kappa shape index (κ3) is 3.70. The van der Waals surface area contributed by atoms with E-state index >= 15 is 0 Å². The summed E-state index contributed by atoms with van der Waals surface area (Å²) in [6, 6.07) is 4.56. The zero-order valence-electron chi connectivity index (χ0n) is 9.71. The fourth-order valence-corrected chi connectivity index (χ4v) is 2.67. The lowest BCUT2D eigenvalue weighted by Gasteiger charge is -2.18. The summed E-state index contributed by atoms with van der Waals surface area (Å²) >= 11 is 2.07. The maximum Gasteiger partial charge on any atom is 0.124 e. The summed E-state index contributed by atoms with van der Waals surface area (Å²) in [5.41, 5.74) is 0.842. The van der Waals surface area contributed by atoms with E-state index in [2.05, 4.69) is 36.4 Å². The van der Waals surface area contributed by atoms with Gasteiger partial charge in [-0.3, -0.25) is 0 Å². The van der Waals surface area contributed by atoms with Gasteiger partial charge < -0.3 is 5.11 Å². The minimum absolute atomic E-state index is 0.247. The van der Waals surface area contributed by atoms with Crippen LogP contribution in [0.15, 0.2) is 18.2 Å². The third-order valence-electron chi connectivity index (χ3n) is 3.03. The summed E-state index contributed by atoms with van der Waals surface area (Å²) in [4.78, 5) is 0. The molecule has 0 aliphatic rings. The molecule has 1 aromatic carbocycles. The predicted octanol–water partition coefficient (Wildman–Crippen LogP) is 4.29. The van der Waals surface area contributed by atoms with E-state index in [-0.39, 0.29) is 5.82 Å². The van der Waals surface area contributed by atoms with Crippen molar-refractivity contribution in [1.29, 1.82) is 0 Å². The molecule has 1 unspecified atom stereocenters. The van der Waals surface area contributed by atoms with E-state index in [1.807, 2.05) is 0 Å². The van der Waals surface area contributed by atoms with E-state index in [4.69, 9.17) is 0 Å². The van der Waals surface area contributed by atoms with Gasteiger partial charge in [-0.1, -0.05) is 32.8 Å². The minimum atomic E-state index is -0.475. The van der Waals surface area contributed by atoms with Crippen LogP contribution in [0.2, 0.25) is 0 Å². The highest BCUT2D eigenvalue weighted by Crippen LogP contribution is 2.28. The molecule has 1 nitrogen and oxygen atoms in total. The molecule has 1 N–H and O–H groups in total. The van der Waals surface area contributed by atoms with Crippen molar-refractivity contribution < 1.29 is 9.50 Å². The number of hydrogen-bond acceptors (Lipinski definition) is 1. The van der Waals surface area contributed by atoms with Crippen molar-refractivity contribution in [2.75, 3.05) is 0 Å². The maximum atomic E-state index is 12.9. The zero-order valence-corrected chi connectivity index (χ0v) is 11.9. The van der Waals surface area contributed by atoms with Crippen LogP contribution in [0.5, 0.6) is 0 Å². The SMILES string of the molecule is CCC(CC)CC(O)c1ccc(F)cc1I. The van der Waals surface area contributed by atoms with Gasteiger partial charge in [-0.2, -0.15) is 0 Å². The molecule has 16 heavy (non-hydrogen) atoms. The Morgan fingerprint density at radius 2 is 1.94 bits per heavy atom. The van der Waals surface area contributed by atoms with Crippen molar-refractivity contribution >= 4 is 22.6 Å². The Labute approximate surface area is 110 Å². The quantitative estimate of drug-likeness (QED) is 0.796. The van der Waals surface area contributed by atoms with Gasteiger partial charge in [0.1, 0.15) is 5.82 Å². The normalized spacial score (nSPS) is 13.1. The fourth-order valence-electron chi connectivity index (χ4n) is 1.84. The van der Waals surface area contributed by atoms with Gasteiger partial charge in [0.15, 0.2) is 0 Å². The summed E-state index contributed by atoms with van der Waals surface area (Å²) in [5.74, 6) is 0.290. The average Bonchev–Trinajstić information content (AvgIpc) is 2.25. The molecule has 0 amide bonds. The van der Waals surface area contributed by atoms with Crippen LogP contribution >= 0.6 is 22.6 Å². The summed E-state index contributed by atoms with van der Waals surface area (Å²) in [6.45, 7) is 4.27. The van der Waals surface area contributed by atoms with Crippen LogP contribution < -0.4 is 0 Å². The number of aliphatic hydroxyl groups excluding tert-OH is 1. The van der Waals surface area contributed by atoms with Gasteiger partial charge in [-0.05, 0) is 52.6 Å². The van der Waals surface area contributed by atoms with E-state index in [1.165, 1.54) is 12.1 Å². The Hall–Kier alpha value is -0.160. The average molecular weight is 336 g/mol. The van der Waals surface area contributed by atoms with Gasteiger partial charge in [-0.25, -0.2) is 4.39 Å². The van der Waals surface area contributed by atoms with Gasteiger partial charge >= 0.3 is 0 Å². The van der Waals surface area contributed by atoms with Crippen molar-refractivity contribution in [3.05, 3.63) is 33.1 Å². The van der Waals surface area contributed by atoms with Gasteiger partial charge in [0.05, 0.1) is 6.10 Å². The molecule has 0 bridgehead atoms. The summed E-state index contributed by atoms with van der Waals surface area (Å²) < 4.78 is 13.7. The Bertz CT molecular complexity index is 337. The number of rotatable bonds is 5.